The molecule has 0 saturated heterocycles. The molecule has 6 nitrogen and oxygen atoms in total. The second kappa shape index (κ2) is 17.1. The first-order valence-electron chi connectivity index (χ1n) is 9.03. The topological polar surface area (TPSA) is 111 Å². The summed E-state index contributed by atoms with van der Waals surface area (Å²) in [6.45, 7) is 9.04. The predicted octanol–water partition coefficient (Wildman–Crippen LogP) is -0.234. The first-order chi connectivity index (χ1) is 10.8. The summed E-state index contributed by atoms with van der Waals surface area (Å²) in [5.74, 6) is 0. The Balaban J connectivity index is 3.44. The van der Waals surface area contributed by atoms with Gasteiger partial charge >= 0.3 is 0 Å². The smallest absolute Gasteiger partial charge is 0.0105 e. The number of nitrogens with two attached hydrogens (primary N) is 4. The van der Waals surface area contributed by atoms with Gasteiger partial charge in [-0.15, -0.1) is 0 Å². The van der Waals surface area contributed by atoms with E-state index >= 15 is 0 Å². The molecule has 0 aliphatic heterocycles. The molecule has 0 atom stereocenters. The van der Waals surface area contributed by atoms with E-state index in [2.05, 4.69) is 9.80 Å². The van der Waals surface area contributed by atoms with Crippen molar-refractivity contribution in [2.75, 3.05) is 65.4 Å². The fourth-order valence-electron chi connectivity index (χ4n) is 2.78. The third-order valence-electron chi connectivity index (χ3n) is 3.98. The van der Waals surface area contributed by atoms with E-state index in [1.165, 1.54) is 38.5 Å². The third kappa shape index (κ3) is 13.4. The molecule has 22 heavy (non-hydrogen) atoms. The Kier molecular flexibility index (Phi) is 16.9. The standard InChI is InChI=1S/C16H40N6/c17-7-13-21(14-8-18)11-5-3-1-2-4-6-12-22(15-9-19)16-10-20/h1-20H2. The van der Waals surface area contributed by atoms with Crippen molar-refractivity contribution in [2.45, 2.75) is 38.5 Å². The normalized spacial score (nSPS) is 11.7. The molecule has 0 fully saturated rings. The van der Waals surface area contributed by atoms with Crippen molar-refractivity contribution in [2.24, 2.45) is 22.9 Å². The van der Waals surface area contributed by atoms with Gasteiger partial charge < -0.3 is 32.7 Å². The Morgan fingerprint density at radius 3 is 0.909 bits per heavy atom. The molecule has 0 bridgehead atoms. The van der Waals surface area contributed by atoms with Crippen LogP contribution in [0, 0.1) is 0 Å². The van der Waals surface area contributed by atoms with Gasteiger partial charge in [0.05, 0.1) is 0 Å². The van der Waals surface area contributed by atoms with Crippen LogP contribution in [0.3, 0.4) is 0 Å². The van der Waals surface area contributed by atoms with Gasteiger partial charge in [0.1, 0.15) is 0 Å². The van der Waals surface area contributed by atoms with Crippen LogP contribution >= 0.6 is 0 Å². The molecule has 0 aromatic carbocycles. The largest absolute Gasteiger partial charge is 0.329 e. The molecule has 8 N–H and O–H groups in total. The minimum Gasteiger partial charge on any atom is -0.329 e. The summed E-state index contributed by atoms with van der Waals surface area (Å²) >= 11 is 0. The lowest BCUT2D eigenvalue weighted by molar-refractivity contribution is 0.276. The van der Waals surface area contributed by atoms with Crippen molar-refractivity contribution in [3.63, 3.8) is 0 Å². The van der Waals surface area contributed by atoms with E-state index in [1.54, 1.807) is 0 Å². The van der Waals surface area contributed by atoms with Crippen molar-refractivity contribution in [1.29, 1.82) is 0 Å². The van der Waals surface area contributed by atoms with Gasteiger partial charge in [-0.3, -0.25) is 0 Å². The fraction of sp³-hybridized carbons (Fsp3) is 1.00. The molecule has 0 aromatic heterocycles. The summed E-state index contributed by atoms with van der Waals surface area (Å²) in [5.41, 5.74) is 22.4. The number of unbranched alkanes of at least 4 members (excludes halogenated alkanes) is 5. The van der Waals surface area contributed by atoms with Crippen LogP contribution in [0.1, 0.15) is 38.5 Å². The maximum absolute atomic E-state index is 5.61. The Morgan fingerprint density at radius 1 is 0.364 bits per heavy atom. The monoisotopic (exact) mass is 316 g/mol. The van der Waals surface area contributed by atoms with Crippen LogP contribution in [0.25, 0.3) is 0 Å². The van der Waals surface area contributed by atoms with E-state index < -0.39 is 0 Å². The van der Waals surface area contributed by atoms with Crippen molar-refractivity contribution >= 4 is 0 Å². The molecule has 0 heterocycles. The van der Waals surface area contributed by atoms with E-state index in [9.17, 15) is 0 Å². The van der Waals surface area contributed by atoms with E-state index in [0.717, 1.165) is 65.4 Å². The zero-order chi connectivity index (χ0) is 16.5. The van der Waals surface area contributed by atoms with Crippen LogP contribution in [0.15, 0.2) is 0 Å². The molecule has 0 amide bonds. The number of hydrogen-bond donors (Lipinski definition) is 4. The van der Waals surface area contributed by atoms with E-state index in [-0.39, 0.29) is 0 Å². The van der Waals surface area contributed by atoms with Gasteiger partial charge in [-0.05, 0) is 25.9 Å². The van der Waals surface area contributed by atoms with Gasteiger partial charge in [-0.25, -0.2) is 0 Å². The van der Waals surface area contributed by atoms with Crippen molar-refractivity contribution in [1.82, 2.24) is 9.80 Å². The minimum atomic E-state index is 0.724. The van der Waals surface area contributed by atoms with Gasteiger partial charge in [0.2, 0.25) is 0 Å². The Morgan fingerprint density at radius 2 is 0.636 bits per heavy atom. The highest BCUT2D eigenvalue weighted by atomic mass is 15.1. The third-order valence-corrected chi connectivity index (χ3v) is 3.98. The maximum Gasteiger partial charge on any atom is 0.0105 e. The summed E-state index contributed by atoms with van der Waals surface area (Å²) < 4.78 is 0. The number of nitrogens with zero attached hydrogens (tertiary/aromatic N) is 2. The number of hydrogen-bond acceptors (Lipinski definition) is 6. The van der Waals surface area contributed by atoms with Gasteiger partial charge in [0, 0.05) is 52.4 Å². The molecular weight excluding hydrogens is 276 g/mol. The Bertz CT molecular complexity index is 181. The van der Waals surface area contributed by atoms with E-state index in [4.69, 9.17) is 22.9 Å². The summed E-state index contributed by atoms with van der Waals surface area (Å²) in [4.78, 5) is 4.75. The van der Waals surface area contributed by atoms with Crippen molar-refractivity contribution in [3.8, 4) is 0 Å². The molecule has 0 saturated carbocycles. The molecule has 0 aromatic rings. The SMILES string of the molecule is NCCN(CCN)CCCCCCCCN(CCN)CCN. The molecule has 134 valence electrons. The first-order valence-corrected chi connectivity index (χ1v) is 9.03. The summed E-state index contributed by atoms with van der Waals surface area (Å²) in [5, 5.41) is 0. The highest BCUT2D eigenvalue weighted by Crippen LogP contribution is 2.07. The minimum absolute atomic E-state index is 0.724. The van der Waals surface area contributed by atoms with Gasteiger partial charge in [0.25, 0.3) is 0 Å². The zero-order valence-electron chi connectivity index (χ0n) is 14.5. The molecule has 0 aliphatic carbocycles. The van der Waals surface area contributed by atoms with Gasteiger partial charge in [-0.1, -0.05) is 25.7 Å². The Hall–Kier alpha value is -0.240. The number of rotatable bonds is 17. The second-order valence-electron chi connectivity index (χ2n) is 5.96. The molecule has 0 spiro atoms. The Labute approximate surface area is 137 Å². The summed E-state index contributed by atoms with van der Waals surface area (Å²) in [6.07, 6.45) is 7.78. The van der Waals surface area contributed by atoms with E-state index in [0.29, 0.717) is 0 Å². The van der Waals surface area contributed by atoms with Crippen LogP contribution in [-0.2, 0) is 0 Å². The molecule has 0 unspecified atom stereocenters. The second-order valence-corrected chi connectivity index (χ2v) is 5.96. The highest BCUT2D eigenvalue weighted by molar-refractivity contribution is 4.61. The highest BCUT2D eigenvalue weighted by Gasteiger charge is 2.03. The van der Waals surface area contributed by atoms with Gasteiger partial charge in [-0.2, -0.15) is 0 Å². The summed E-state index contributed by atoms with van der Waals surface area (Å²) in [7, 11) is 0. The van der Waals surface area contributed by atoms with E-state index in [1.807, 2.05) is 0 Å². The van der Waals surface area contributed by atoms with Crippen molar-refractivity contribution in [3.05, 3.63) is 0 Å². The maximum atomic E-state index is 5.61. The lowest BCUT2D eigenvalue weighted by Gasteiger charge is -2.21. The van der Waals surface area contributed by atoms with Crippen LogP contribution in [0.4, 0.5) is 0 Å². The molecule has 0 aliphatic rings. The molecule has 6 heteroatoms. The van der Waals surface area contributed by atoms with Crippen LogP contribution < -0.4 is 22.9 Å². The summed E-state index contributed by atoms with van der Waals surface area (Å²) in [6, 6.07) is 0. The average Bonchev–Trinajstić information content (AvgIpc) is 2.50. The lowest BCUT2D eigenvalue weighted by Crippen LogP contribution is -2.34. The average molecular weight is 317 g/mol. The van der Waals surface area contributed by atoms with Crippen LogP contribution in [0.2, 0.25) is 0 Å². The fourth-order valence-corrected chi connectivity index (χ4v) is 2.78. The predicted molar refractivity (Wildman–Crippen MR) is 96.8 cm³/mol. The van der Waals surface area contributed by atoms with Gasteiger partial charge in [0.15, 0.2) is 0 Å². The quantitative estimate of drug-likeness (QED) is 0.276. The molecule has 0 radical (unpaired) electrons. The zero-order valence-corrected chi connectivity index (χ0v) is 14.5. The molecular formula is C16H40N6. The first kappa shape index (κ1) is 21.8. The molecule has 0 rings (SSSR count). The van der Waals surface area contributed by atoms with Crippen molar-refractivity contribution < 1.29 is 0 Å². The van der Waals surface area contributed by atoms with Crippen LogP contribution in [0.5, 0.6) is 0 Å². The van der Waals surface area contributed by atoms with Crippen LogP contribution in [-0.4, -0.2) is 75.2 Å². The lowest BCUT2D eigenvalue weighted by atomic mass is 10.1.